The van der Waals surface area contributed by atoms with Crippen molar-refractivity contribution in [1.29, 1.82) is 0 Å². The zero-order valence-corrected chi connectivity index (χ0v) is 37.9. The third-order valence-electron chi connectivity index (χ3n) is 15.4. The molecule has 10 aromatic carbocycles. The molecule has 3 nitrogen and oxygen atoms in total. The first-order valence-corrected chi connectivity index (χ1v) is 23.5. The van der Waals surface area contributed by atoms with Crippen molar-refractivity contribution in [2.45, 2.75) is 38.5 Å². The van der Waals surface area contributed by atoms with Crippen LogP contribution >= 0.6 is 0 Å². The molecule has 0 unspecified atom stereocenters. The standard InChI is InChI=1S/C64H46N2O/c1-63(2)52-23-13-11-21-48(52)60-53(63)24-14-25-56(60)65(43-31-33-46-45-20-10-12-22-51(45)64(3,4)54(46)38-43)57-26-15-27-59-61(57)50-37-41(30-35-58(50)67-59)40-29-34-55-49(36-40)47-32-28-39-16-8-9-19-44(39)62(47)66(55)42-17-6-5-7-18-42/h5-38H,1-4H3. The maximum Gasteiger partial charge on any atom is 0.137 e. The Hall–Kier alpha value is -8.14. The average Bonchev–Trinajstić information content (AvgIpc) is 4.05. The summed E-state index contributed by atoms with van der Waals surface area (Å²) in [6.45, 7) is 9.47. The second kappa shape index (κ2) is 13.7. The summed E-state index contributed by atoms with van der Waals surface area (Å²) in [5.74, 6) is 0. The van der Waals surface area contributed by atoms with E-state index in [0.717, 1.165) is 50.3 Å². The van der Waals surface area contributed by atoms with Gasteiger partial charge in [-0.25, -0.2) is 0 Å². The number of benzene rings is 10. The van der Waals surface area contributed by atoms with Crippen molar-refractivity contribution in [2.75, 3.05) is 4.90 Å². The maximum atomic E-state index is 6.83. The van der Waals surface area contributed by atoms with E-state index in [4.69, 9.17) is 4.42 Å². The molecule has 0 N–H and O–H groups in total. The molecule has 2 aliphatic carbocycles. The van der Waals surface area contributed by atoms with Gasteiger partial charge < -0.3 is 13.9 Å². The minimum atomic E-state index is -0.161. The molecule has 0 amide bonds. The molecule has 0 spiro atoms. The molecule has 0 radical (unpaired) electrons. The van der Waals surface area contributed by atoms with Gasteiger partial charge >= 0.3 is 0 Å². The van der Waals surface area contributed by atoms with Crippen molar-refractivity contribution < 1.29 is 4.42 Å². The number of nitrogens with zero attached hydrogens (tertiary/aromatic N) is 2. The predicted molar refractivity (Wildman–Crippen MR) is 281 cm³/mol. The molecule has 0 atom stereocenters. The number of anilines is 3. The Bertz CT molecular complexity index is 4050. The van der Waals surface area contributed by atoms with Crippen molar-refractivity contribution in [3.63, 3.8) is 0 Å². The van der Waals surface area contributed by atoms with Crippen LogP contribution in [0.1, 0.15) is 49.9 Å². The summed E-state index contributed by atoms with van der Waals surface area (Å²) in [7, 11) is 0. The van der Waals surface area contributed by atoms with Crippen molar-refractivity contribution >= 4 is 71.6 Å². The predicted octanol–water partition coefficient (Wildman–Crippen LogP) is 17.6. The van der Waals surface area contributed by atoms with Crippen molar-refractivity contribution in [3.05, 3.63) is 229 Å². The van der Waals surface area contributed by atoms with Crippen LogP contribution in [0, 0.1) is 0 Å². The van der Waals surface area contributed by atoms with Gasteiger partial charge in [0, 0.05) is 49.3 Å². The average molecular weight is 859 g/mol. The molecule has 2 aromatic heterocycles. The summed E-state index contributed by atoms with van der Waals surface area (Å²) in [6, 6.07) is 76.3. The lowest BCUT2D eigenvalue weighted by atomic mass is 9.82. The fourth-order valence-corrected chi connectivity index (χ4v) is 12.1. The van der Waals surface area contributed by atoms with Gasteiger partial charge in [0.05, 0.1) is 27.8 Å². The summed E-state index contributed by atoms with van der Waals surface area (Å²) < 4.78 is 9.26. The molecule has 2 aliphatic rings. The number of hydrogen-bond donors (Lipinski definition) is 0. The molecule has 12 aromatic rings. The zero-order valence-electron chi connectivity index (χ0n) is 37.9. The maximum absolute atomic E-state index is 6.83. The first-order chi connectivity index (χ1) is 32.8. The molecular weight excluding hydrogens is 813 g/mol. The molecule has 2 heterocycles. The van der Waals surface area contributed by atoms with Gasteiger partial charge in [-0.3, -0.25) is 0 Å². The monoisotopic (exact) mass is 858 g/mol. The van der Waals surface area contributed by atoms with Crippen molar-refractivity contribution in [2.24, 2.45) is 0 Å². The Labute approximate surface area is 389 Å². The zero-order chi connectivity index (χ0) is 44.8. The first kappa shape index (κ1) is 38.2. The summed E-state index contributed by atoms with van der Waals surface area (Å²) in [5, 5.41) is 7.14. The number of para-hydroxylation sites is 1. The number of hydrogen-bond acceptors (Lipinski definition) is 2. The molecule has 0 bridgehead atoms. The highest BCUT2D eigenvalue weighted by Gasteiger charge is 2.39. The van der Waals surface area contributed by atoms with Crippen molar-refractivity contribution in [1.82, 2.24) is 4.57 Å². The Morgan fingerprint density at radius 3 is 1.93 bits per heavy atom. The lowest BCUT2D eigenvalue weighted by molar-refractivity contribution is 0.660. The van der Waals surface area contributed by atoms with E-state index < -0.39 is 0 Å². The van der Waals surface area contributed by atoms with Crippen LogP contribution in [0.5, 0.6) is 0 Å². The highest BCUT2D eigenvalue weighted by Crippen LogP contribution is 2.57. The van der Waals surface area contributed by atoms with Gasteiger partial charge in [-0.05, 0) is 122 Å². The lowest BCUT2D eigenvalue weighted by Gasteiger charge is -2.31. The molecule has 14 rings (SSSR count). The van der Waals surface area contributed by atoms with Crippen LogP contribution in [-0.4, -0.2) is 4.57 Å². The summed E-state index contributed by atoms with van der Waals surface area (Å²) in [5.41, 5.74) is 21.3. The van der Waals surface area contributed by atoms with Gasteiger partial charge in [0.2, 0.25) is 0 Å². The first-order valence-electron chi connectivity index (χ1n) is 23.5. The smallest absolute Gasteiger partial charge is 0.137 e. The largest absolute Gasteiger partial charge is 0.456 e. The highest BCUT2D eigenvalue weighted by atomic mass is 16.3. The topological polar surface area (TPSA) is 21.3 Å². The molecule has 318 valence electrons. The number of fused-ring (bicyclic) bond motifs is 14. The number of furan rings is 1. The van der Waals surface area contributed by atoms with Crippen LogP contribution in [0.3, 0.4) is 0 Å². The van der Waals surface area contributed by atoms with Crippen LogP contribution in [0.25, 0.3) is 93.6 Å². The van der Waals surface area contributed by atoms with Crippen LogP contribution in [0.15, 0.2) is 211 Å². The van der Waals surface area contributed by atoms with Crippen molar-refractivity contribution in [3.8, 4) is 39.1 Å². The Balaban J connectivity index is 1.00. The molecule has 0 saturated heterocycles. The van der Waals surface area contributed by atoms with E-state index in [-0.39, 0.29) is 10.8 Å². The van der Waals surface area contributed by atoms with E-state index >= 15 is 0 Å². The van der Waals surface area contributed by atoms with Crippen LogP contribution in [-0.2, 0) is 10.8 Å². The Morgan fingerprint density at radius 2 is 1.07 bits per heavy atom. The Morgan fingerprint density at radius 1 is 0.418 bits per heavy atom. The summed E-state index contributed by atoms with van der Waals surface area (Å²) >= 11 is 0. The normalized spacial score (nSPS) is 14.2. The quantitative estimate of drug-likeness (QED) is 0.172. The van der Waals surface area contributed by atoms with Crippen LogP contribution < -0.4 is 4.90 Å². The van der Waals surface area contributed by atoms with E-state index in [1.807, 2.05) is 0 Å². The minimum Gasteiger partial charge on any atom is -0.456 e. The SMILES string of the molecule is CC1(C)c2ccccc2-c2ccc(N(c3cccc4c3-c3ccccc3C4(C)C)c3cccc4oc5ccc(-c6ccc7c(c6)c6ccc8ccccc8c6n7-c6ccccc6)cc5c34)cc21. The summed E-state index contributed by atoms with van der Waals surface area (Å²) in [6.07, 6.45) is 0. The Kier molecular flexibility index (Phi) is 7.80. The van der Waals surface area contributed by atoms with E-state index in [1.54, 1.807) is 0 Å². The molecular formula is C64H46N2O. The van der Waals surface area contributed by atoms with E-state index in [1.165, 1.54) is 82.6 Å². The van der Waals surface area contributed by atoms with Gasteiger partial charge in [-0.1, -0.05) is 167 Å². The molecule has 0 saturated carbocycles. The molecule has 67 heavy (non-hydrogen) atoms. The number of rotatable bonds is 5. The van der Waals surface area contributed by atoms with E-state index in [2.05, 4.69) is 243 Å². The fourth-order valence-electron chi connectivity index (χ4n) is 12.1. The van der Waals surface area contributed by atoms with Gasteiger partial charge in [-0.15, -0.1) is 0 Å². The molecule has 3 heteroatoms. The third-order valence-corrected chi connectivity index (χ3v) is 15.4. The minimum absolute atomic E-state index is 0.153. The molecule has 0 fully saturated rings. The number of aromatic nitrogens is 1. The second-order valence-corrected chi connectivity index (χ2v) is 19.7. The van der Waals surface area contributed by atoms with E-state index in [9.17, 15) is 0 Å². The lowest BCUT2D eigenvalue weighted by Crippen LogP contribution is -2.17. The third kappa shape index (κ3) is 5.28. The van der Waals surface area contributed by atoms with Crippen LogP contribution in [0.4, 0.5) is 17.1 Å². The van der Waals surface area contributed by atoms with Gasteiger partial charge in [0.15, 0.2) is 0 Å². The molecule has 0 aliphatic heterocycles. The highest BCUT2D eigenvalue weighted by molar-refractivity contribution is 6.20. The second-order valence-electron chi connectivity index (χ2n) is 19.7. The van der Waals surface area contributed by atoms with Gasteiger partial charge in [0.1, 0.15) is 11.2 Å². The van der Waals surface area contributed by atoms with Gasteiger partial charge in [-0.2, -0.15) is 0 Å². The summed E-state index contributed by atoms with van der Waals surface area (Å²) in [4.78, 5) is 2.52. The van der Waals surface area contributed by atoms with Gasteiger partial charge in [0.25, 0.3) is 0 Å². The van der Waals surface area contributed by atoms with E-state index in [0.29, 0.717) is 0 Å². The fraction of sp³-hybridized carbons (Fsp3) is 0.0938. The van der Waals surface area contributed by atoms with Crippen LogP contribution in [0.2, 0.25) is 0 Å².